The summed E-state index contributed by atoms with van der Waals surface area (Å²) >= 11 is 1.65. The molecule has 0 bridgehead atoms. The van der Waals surface area contributed by atoms with Gasteiger partial charge < -0.3 is 33.3 Å². The molecular weight excluding hydrogens is 602 g/mol. The van der Waals surface area contributed by atoms with E-state index >= 15 is 0 Å². The van der Waals surface area contributed by atoms with Crippen molar-refractivity contribution in [3.8, 4) is 28.7 Å². The van der Waals surface area contributed by atoms with Crippen molar-refractivity contribution in [2.24, 2.45) is 0 Å². The highest BCUT2D eigenvalue weighted by Gasteiger charge is 2.32. The molecule has 240 valence electrons. The largest absolute Gasteiger partial charge is 0.493 e. The molecule has 0 aliphatic carbocycles. The Labute approximate surface area is 265 Å². The average molecular weight is 646 g/mol. The summed E-state index contributed by atoms with van der Waals surface area (Å²) in [5, 5.41) is 0. The van der Waals surface area contributed by atoms with Crippen LogP contribution in [0.15, 0.2) is 58.3 Å². The predicted octanol–water partition coefficient (Wildman–Crippen LogP) is 6.73. The first-order chi connectivity index (χ1) is 21.1. The summed E-state index contributed by atoms with van der Waals surface area (Å²) in [4.78, 5) is 3.30. The molecule has 44 heavy (non-hydrogen) atoms. The number of rotatable bonds is 15. The van der Waals surface area contributed by atoms with Crippen molar-refractivity contribution in [3.05, 3.63) is 59.7 Å². The highest BCUT2D eigenvalue weighted by Crippen LogP contribution is 2.48. The van der Waals surface area contributed by atoms with E-state index in [4.69, 9.17) is 28.4 Å². The number of hydrogen-bond acceptors (Lipinski definition) is 10. The molecule has 0 unspecified atom stereocenters. The lowest BCUT2D eigenvalue weighted by atomic mass is 10.0. The van der Waals surface area contributed by atoms with Crippen LogP contribution >= 0.6 is 11.8 Å². The monoisotopic (exact) mass is 645 g/mol. The van der Waals surface area contributed by atoms with Gasteiger partial charge in [0.15, 0.2) is 32.8 Å². The van der Waals surface area contributed by atoms with Crippen LogP contribution in [0, 0.1) is 0 Å². The minimum absolute atomic E-state index is 0.00251. The van der Waals surface area contributed by atoms with Crippen molar-refractivity contribution in [3.63, 3.8) is 0 Å². The number of ether oxygens (including phenoxy) is 6. The molecule has 1 saturated heterocycles. The number of methoxy groups -OCH3 is 4. The van der Waals surface area contributed by atoms with E-state index in [0.717, 1.165) is 28.1 Å². The zero-order valence-corrected chi connectivity index (χ0v) is 28.2. The maximum absolute atomic E-state index is 13.5. The first-order valence-corrected chi connectivity index (χ1v) is 17.2. The summed E-state index contributed by atoms with van der Waals surface area (Å²) in [6.45, 7) is 2.16. The third kappa shape index (κ3) is 7.68. The Morgan fingerprint density at radius 2 is 1.36 bits per heavy atom. The lowest BCUT2D eigenvalue weighted by Gasteiger charge is -2.21. The fourth-order valence-electron chi connectivity index (χ4n) is 5.25. The molecule has 0 spiro atoms. The summed E-state index contributed by atoms with van der Waals surface area (Å²) < 4.78 is 61.8. The second-order valence-electron chi connectivity index (χ2n) is 10.6. The van der Waals surface area contributed by atoms with Gasteiger partial charge in [0.1, 0.15) is 4.90 Å². The number of hydrogen-bond donors (Lipinski definition) is 0. The third-order valence-electron chi connectivity index (χ3n) is 7.47. The second kappa shape index (κ2) is 15.1. The summed E-state index contributed by atoms with van der Waals surface area (Å²) in [6, 6.07) is 15.6. The molecule has 3 aromatic carbocycles. The van der Waals surface area contributed by atoms with Crippen LogP contribution < -0.4 is 28.6 Å². The van der Waals surface area contributed by atoms with Gasteiger partial charge in [-0.05, 0) is 78.9 Å². The van der Waals surface area contributed by atoms with Gasteiger partial charge in [-0.3, -0.25) is 0 Å². The van der Waals surface area contributed by atoms with Crippen LogP contribution in [0.2, 0.25) is 0 Å². The molecule has 1 aliphatic rings. The van der Waals surface area contributed by atoms with Crippen molar-refractivity contribution < 1.29 is 36.8 Å². The fraction of sp³-hybridized carbons (Fsp3) is 0.455. The first kappa shape index (κ1) is 33.6. The molecule has 11 heteroatoms. The Bertz CT molecular complexity index is 1480. The number of nitrogens with zero attached hydrogens (tertiary/aromatic N) is 1. The molecule has 1 aliphatic heterocycles. The Morgan fingerprint density at radius 1 is 0.818 bits per heavy atom. The summed E-state index contributed by atoms with van der Waals surface area (Å²) in [7, 11) is 6.62. The van der Waals surface area contributed by atoms with E-state index < -0.39 is 9.84 Å². The van der Waals surface area contributed by atoms with Crippen molar-refractivity contribution in [1.29, 1.82) is 0 Å². The maximum atomic E-state index is 13.5. The quantitative estimate of drug-likeness (QED) is 0.131. The summed E-state index contributed by atoms with van der Waals surface area (Å²) in [5.74, 6) is 2.87. The third-order valence-corrected chi connectivity index (χ3v) is 10.4. The van der Waals surface area contributed by atoms with Gasteiger partial charge in [0.05, 0.1) is 53.0 Å². The van der Waals surface area contributed by atoms with Gasteiger partial charge in [-0.1, -0.05) is 6.92 Å². The van der Waals surface area contributed by atoms with Crippen molar-refractivity contribution in [2.75, 3.05) is 65.5 Å². The molecular formula is C33H43NO8S2. The summed E-state index contributed by atoms with van der Waals surface area (Å²) in [5.41, 5.74) is 2.75. The van der Waals surface area contributed by atoms with E-state index in [9.17, 15) is 8.42 Å². The lowest BCUT2D eigenvalue weighted by molar-refractivity contribution is 0.0435. The molecule has 2 atom stereocenters. The van der Waals surface area contributed by atoms with Gasteiger partial charge in [0.25, 0.3) is 0 Å². The summed E-state index contributed by atoms with van der Waals surface area (Å²) in [6.07, 6.45) is 1.33. The van der Waals surface area contributed by atoms with Crippen molar-refractivity contribution in [2.45, 2.75) is 48.2 Å². The lowest BCUT2D eigenvalue weighted by Crippen LogP contribution is -2.12. The molecule has 1 fully saturated rings. The highest BCUT2D eigenvalue weighted by atomic mass is 32.2. The van der Waals surface area contributed by atoms with Gasteiger partial charge in [-0.2, -0.15) is 0 Å². The van der Waals surface area contributed by atoms with Crippen molar-refractivity contribution in [1.82, 2.24) is 0 Å². The second-order valence-corrected chi connectivity index (χ2v) is 13.8. The number of sulfone groups is 1. The fourth-order valence-corrected chi connectivity index (χ4v) is 7.49. The minimum Gasteiger partial charge on any atom is -0.493 e. The Balaban J connectivity index is 1.56. The molecule has 4 rings (SSSR count). The van der Waals surface area contributed by atoms with Crippen LogP contribution in [-0.4, -0.2) is 69.1 Å². The Hall–Kier alpha value is -3.28. The van der Waals surface area contributed by atoms with Gasteiger partial charge in [-0.15, -0.1) is 11.8 Å². The molecule has 1 heterocycles. The minimum atomic E-state index is -3.64. The van der Waals surface area contributed by atoms with E-state index in [1.54, 1.807) is 39.2 Å². The van der Waals surface area contributed by atoms with Crippen LogP contribution in [0.25, 0.3) is 0 Å². The van der Waals surface area contributed by atoms with Crippen LogP contribution in [0.3, 0.4) is 0 Å². The first-order valence-electron chi connectivity index (χ1n) is 14.6. The van der Waals surface area contributed by atoms with E-state index in [1.807, 2.05) is 39.2 Å². The zero-order chi connectivity index (χ0) is 31.9. The SMILES string of the molecule is CCCS(=O)(=O)c1cc([C@@H]2CC[C@@H](c3cc(OC)c(OC)c(OC)c3)O2)cc(OC)c1OCCSc1ccc(N(C)C)cc1. The number of thioether (sulfide) groups is 1. The molecule has 0 aromatic heterocycles. The van der Waals surface area contributed by atoms with Crippen molar-refractivity contribution >= 4 is 27.3 Å². The van der Waals surface area contributed by atoms with Gasteiger partial charge in [0, 0.05) is 30.4 Å². The van der Waals surface area contributed by atoms with E-state index in [-0.39, 0.29) is 28.6 Å². The average Bonchev–Trinajstić information content (AvgIpc) is 3.52. The van der Waals surface area contributed by atoms with Crippen LogP contribution in [-0.2, 0) is 14.6 Å². The zero-order valence-electron chi connectivity index (χ0n) is 26.5. The van der Waals surface area contributed by atoms with Crippen LogP contribution in [0.5, 0.6) is 28.7 Å². The normalized spacial score (nSPS) is 16.4. The topological polar surface area (TPSA) is 92.8 Å². The van der Waals surface area contributed by atoms with Gasteiger partial charge >= 0.3 is 0 Å². The Morgan fingerprint density at radius 3 is 1.86 bits per heavy atom. The smallest absolute Gasteiger partial charge is 0.203 e. The van der Waals surface area contributed by atoms with Gasteiger partial charge in [-0.25, -0.2) is 8.42 Å². The van der Waals surface area contributed by atoms with E-state index in [1.165, 1.54) is 7.11 Å². The molecule has 3 aromatic rings. The van der Waals surface area contributed by atoms with Crippen LogP contribution in [0.1, 0.15) is 49.5 Å². The van der Waals surface area contributed by atoms with E-state index in [2.05, 4.69) is 29.2 Å². The van der Waals surface area contributed by atoms with Crippen LogP contribution in [0.4, 0.5) is 5.69 Å². The van der Waals surface area contributed by atoms with E-state index in [0.29, 0.717) is 48.2 Å². The molecule has 9 nitrogen and oxygen atoms in total. The standard InChI is InChI=1S/C33H43NO8S2/c1-8-17-44(35,36)31-21-23(27-14-13-26(42-27)22-18-28(37-4)32(40-7)29(19-22)38-5)20-30(39-6)33(31)41-15-16-43-25-11-9-24(10-12-25)34(2)3/h9-12,18-21,26-27H,8,13-17H2,1-7H3/t26-,27-/m0/s1. The molecule has 0 amide bonds. The molecule has 0 radical (unpaired) electrons. The van der Waals surface area contributed by atoms with Gasteiger partial charge in [0.2, 0.25) is 5.75 Å². The molecule has 0 N–H and O–H groups in total. The maximum Gasteiger partial charge on any atom is 0.203 e. The molecule has 0 saturated carbocycles. The predicted molar refractivity (Wildman–Crippen MR) is 174 cm³/mol. The number of anilines is 1. The number of benzene rings is 3. The Kier molecular flexibility index (Phi) is 11.6. The highest BCUT2D eigenvalue weighted by molar-refractivity contribution is 7.99.